The summed E-state index contributed by atoms with van der Waals surface area (Å²) in [7, 11) is 1.65. The van der Waals surface area contributed by atoms with Gasteiger partial charge in [-0.1, -0.05) is 24.3 Å². The smallest absolute Gasteiger partial charge is 0.266 e. The van der Waals surface area contributed by atoms with Gasteiger partial charge in [0.05, 0.1) is 23.9 Å². The van der Waals surface area contributed by atoms with Crippen LogP contribution in [-0.4, -0.2) is 29.4 Å². The van der Waals surface area contributed by atoms with E-state index < -0.39 is 0 Å². The molecule has 1 fully saturated rings. The third kappa shape index (κ3) is 4.17. The Morgan fingerprint density at radius 3 is 2.83 bits per heavy atom. The maximum Gasteiger partial charge on any atom is 0.266 e. The molecule has 0 spiro atoms. The van der Waals surface area contributed by atoms with Gasteiger partial charge in [-0.25, -0.2) is 9.37 Å². The van der Waals surface area contributed by atoms with Gasteiger partial charge in [0.2, 0.25) is 0 Å². The lowest BCUT2D eigenvalue weighted by molar-refractivity contribution is 0.0739. The number of hydrogen-bond acceptors (Lipinski definition) is 4. The minimum atomic E-state index is -0.252. The Labute approximate surface area is 174 Å². The van der Waals surface area contributed by atoms with Gasteiger partial charge >= 0.3 is 0 Å². The Balaban J connectivity index is 1.55. The third-order valence-corrected chi connectivity index (χ3v) is 6.44. The summed E-state index contributed by atoms with van der Waals surface area (Å²) in [6.45, 7) is 2.62. The van der Waals surface area contributed by atoms with E-state index in [0.29, 0.717) is 11.3 Å². The number of likely N-dealkylation sites (tertiary alicyclic amines) is 1. The van der Waals surface area contributed by atoms with Crippen LogP contribution in [0.5, 0.6) is 5.75 Å². The van der Waals surface area contributed by atoms with Crippen LogP contribution in [0.15, 0.2) is 48.5 Å². The first-order valence-electron chi connectivity index (χ1n) is 9.71. The second-order valence-corrected chi connectivity index (χ2v) is 8.34. The number of halogens is 1. The highest BCUT2D eigenvalue weighted by Crippen LogP contribution is 2.36. The molecular formula is C23H23FN2O2S. The van der Waals surface area contributed by atoms with Gasteiger partial charge < -0.3 is 9.64 Å². The number of amides is 1. The Morgan fingerprint density at radius 1 is 1.28 bits per heavy atom. The van der Waals surface area contributed by atoms with Gasteiger partial charge in [0.25, 0.3) is 5.91 Å². The molecule has 0 bridgehead atoms. The quantitative estimate of drug-likeness (QED) is 0.583. The molecule has 0 N–H and O–H groups in total. The molecule has 1 aromatic heterocycles. The zero-order valence-electron chi connectivity index (χ0n) is 16.5. The molecule has 2 heterocycles. The monoisotopic (exact) mass is 410 g/mol. The number of hydrogen-bond donors (Lipinski definition) is 0. The minimum absolute atomic E-state index is 0.0377. The van der Waals surface area contributed by atoms with Crippen molar-refractivity contribution in [2.24, 2.45) is 0 Å². The standard InChI is InChI=1S/C23H23FN2O2S/c1-15-22(29-21(25-15)13-16-8-10-18(24)11-9-16)23(27)26-12-4-7-20(26)17-5-3-6-19(14-17)28-2/h3,5-6,8-11,14,20H,4,7,12-13H2,1-2H3/t20-/m0/s1. The summed E-state index contributed by atoms with van der Waals surface area (Å²) in [5.74, 6) is 0.589. The highest BCUT2D eigenvalue weighted by atomic mass is 32.1. The van der Waals surface area contributed by atoms with E-state index in [2.05, 4.69) is 11.1 Å². The van der Waals surface area contributed by atoms with E-state index in [4.69, 9.17) is 4.74 Å². The van der Waals surface area contributed by atoms with Crippen LogP contribution in [0.2, 0.25) is 0 Å². The maximum atomic E-state index is 13.3. The minimum Gasteiger partial charge on any atom is -0.497 e. The molecule has 6 heteroatoms. The molecule has 29 heavy (non-hydrogen) atoms. The van der Waals surface area contributed by atoms with Crippen molar-refractivity contribution >= 4 is 17.2 Å². The van der Waals surface area contributed by atoms with Crippen LogP contribution in [0.1, 0.15) is 50.4 Å². The summed E-state index contributed by atoms with van der Waals surface area (Å²) in [6, 6.07) is 14.4. The fourth-order valence-corrected chi connectivity index (χ4v) is 4.89. The number of aromatic nitrogens is 1. The summed E-state index contributed by atoms with van der Waals surface area (Å²) in [4.78, 5) is 20.6. The molecule has 2 aromatic carbocycles. The van der Waals surface area contributed by atoms with Gasteiger partial charge in [-0.2, -0.15) is 0 Å². The average Bonchev–Trinajstić information content (AvgIpc) is 3.36. The first kappa shape index (κ1) is 19.6. The highest BCUT2D eigenvalue weighted by Gasteiger charge is 2.32. The zero-order chi connectivity index (χ0) is 20.4. The Kier molecular flexibility index (Phi) is 5.62. The SMILES string of the molecule is COc1cccc([C@@H]2CCCN2C(=O)c2sc(Cc3ccc(F)cc3)nc2C)c1. The van der Waals surface area contributed by atoms with Crippen molar-refractivity contribution in [2.45, 2.75) is 32.2 Å². The van der Waals surface area contributed by atoms with E-state index in [1.165, 1.54) is 23.5 Å². The van der Waals surface area contributed by atoms with Crippen LogP contribution in [0.3, 0.4) is 0 Å². The highest BCUT2D eigenvalue weighted by molar-refractivity contribution is 7.13. The lowest BCUT2D eigenvalue weighted by atomic mass is 10.0. The summed E-state index contributed by atoms with van der Waals surface area (Å²) in [5.41, 5.74) is 2.84. The van der Waals surface area contributed by atoms with Crippen molar-refractivity contribution in [3.05, 3.63) is 81.1 Å². The van der Waals surface area contributed by atoms with Crippen LogP contribution in [0, 0.1) is 12.7 Å². The van der Waals surface area contributed by atoms with Crippen molar-refractivity contribution in [1.29, 1.82) is 0 Å². The predicted octanol–water partition coefficient (Wildman–Crippen LogP) is 5.17. The summed E-state index contributed by atoms with van der Waals surface area (Å²) in [5, 5.41) is 0.870. The predicted molar refractivity (Wildman–Crippen MR) is 112 cm³/mol. The Morgan fingerprint density at radius 2 is 2.07 bits per heavy atom. The Hall–Kier alpha value is -2.73. The molecule has 1 amide bonds. The molecule has 3 aromatic rings. The fraction of sp³-hybridized carbons (Fsp3) is 0.304. The Bertz CT molecular complexity index is 1020. The van der Waals surface area contributed by atoms with Crippen molar-refractivity contribution in [1.82, 2.24) is 9.88 Å². The number of thiazole rings is 1. The number of ether oxygens (including phenoxy) is 1. The van der Waals surface area contributed by atoms with E-state index in [1.807, 2.05) is 30.0 Å². The number of rotatable bonds is 5. The van der Waals surface area contributed by atoms with Crippen LogP contribution < -0.4 is 4.74 Å². The first-order chi connectivity index (χ1) is 14.0. The maximum absolute atomic E-state index is 13.3. The largest absolute Gasteiger partial charge is 0.497 e. The van der Waals surface area contributed by atoms with E-state index >= 15 is 0 Å². The molecule has 4 nitrogen and oxygen atoms in total. The van der Waals surface area contributed by atoms with E-state index in [9.17, 15) is 9.18 Å². The molecule has 1 saturated heterocycles. The van der Waals surface area contributed by atoms with Gasteiger partial charge in [0, 0.05) is 13.0 Å². The van der Waals surface area contributed by atoms with E-state index in [1.54, 1.807) is 19.2 Å². The van der Waals surface area contributed by atoms with Gasteiger partial charge in [-0.3, -0.25) is 4.79 Å². The van der Waals surface area contributed by atoms with E-state index in [-0.39, 0.29) is 17.8 Å². The molecule has 1 aliphatic heterocycles. The average molecular weight is 411 g/mol. The number of carbonyl (C=O) groups is 1. The van der Waals surface area contributed by atoms with Crippen LogP contribution in [-0.2, 0) is 6.42 Å². The van der Waals surface area contributed by atoms with Gasteiger partial charge in [-0.05, 0) is 55.2 Å². The van der Waals surface area contributed by atoms with Crippen LogP contribution in [0.25, 0.3) is 0 Å². The molecule has 1 aliphatic rings. The van der Waals surface area contributed by atoms with Gasteiger partial charge in [0.15, 0.2) is 0 Å². The number of methoxy groups -OCH3 is 1. The molecule has 150 valence electrons. The topological polar surface area (TPSA) is 42.4 Å². The third-order valence-electron chi connectivity index (χ3n) is 5.30. The number of aryl methyl sites for hydroxylation is 1. The normalized spacial score (nSPS) is 16.2. The van der Waals surface area contributed by atoms with Crippen molar-refractivity contribution in [3.63, 3.8) is 0 Å². The summed E-state index contributed by atoms with van der Waals surface area (Å²) < 4.78 is 18.5. The lowest BCUT2D eigenvalue weighted by Gasteiger charge is -2.25. The molecule has 0 saturated carbocycles. The molecular weight excluding hydrogens is 387 g/mol. The molecule has 0 radical (unpaired) electrons. The van der Waals surface area contributed by atoms with Crippen molar-refractivity contribution in [3.8, 4) is 5.75 Å². The first-order valence-corrected chi connectivity index (χ1v) is 10.5. The summed E-state index contributed by atoms with van der Waals surface area (Å²) in [6.07, 6.45) is 2.52. The second kappa shape index (κ2) is 8.33. The number of nitrogens with zero attached hydrogens (tertiary/aromatic N) is 2. The van der Waals surface area contributed by atoms with Gasteiger partial charge in [0.1, 0.15) is 16.4 Å². The molecule has 0 unspecified atom stereocenters. The molecule has 4 rings (SSSR count). The van der Waals surface area contributed by atoms with E-state index in [0.717, 1.165) is 47.0 Å². The van der Waals surface area contributed by atoms with Crippen molar-refractivity contribution < 1.29 is 13.9 Å². The zero-order valence-corrected chi connectivity index (χ0v) is 17.3. The number of benzene rings is 2. The van der Waals surface area contributed by atoms with Crippen LogP contribution >= 0.6 is 11.3 Å². The van der Waals surface area contributed by atoms with Crippen molar-refractivity contribution in [2.75, 3.05) is 13.7 Å². The summed E-state index contributed by atoms with van der Waals surface area (Å²) >= 11 is 1.44. The fourth-order valence-electron chi connectivity index (χ4n) is 3.84. The lowest BCUT2D eigenvalue weighted by Crippen LogP contribution is -2.30. The molecule has 1 atom stereocenters. The second-order valence-electron chi connectivity index (χ2n) is 7.26. The van der Waals surface area contributed by atoms with Crippen LogP contribution in [0.4, 0.5) is 4.39 Å². The molecule has 0 aliphatic carbocycles. The van der Waals surface area contributed by atoms with Gasteiger partial charge in [-0.15, -0.1) is 11.3 Å². The number of carbonyl (C=O) groups excluding carboxylic acids is 1.